The first-order chi connectivity index (χ1) is 8.77. The van der Waals surface area contributed by atoms with E-state index in [1.807, 2.05) is 0 Å². The molecule has 2 atom stereocenters. The van der Waals surface area contributed by atoms with Crippen molar-refractivity contribution < 1.29 is 14.6 Å². The van der Waals surface area contributed by atoms with Crippen molar-refractivity contribution in [2.75, 3.05) is 26.4 Å². The van der Waals surface area contributed by atoms with Gasteiger partial charge in [0.2, 0.25) is 0 Å². The van der Waals surface area contributed by atoms with Gasteiger partial charge in [0.15, 0.2) is 0 Å². The van der Waals surface area contributed by atoms with Crippen LogP contribution in [-0.4, -0.2) is 37.6 Å². The van der Waals surface area contributed by atoms with Crippen molar-refractivity contribution >= 4 is 0 Å². The van der Waals surface area contributed by atoms with Crippen LogP contribution in [0.2, 0.25) is 0 Å². The lowest BCUT2D eigenvalue weighted by atomic mass is 9.77. The number of ether oxygens (including phenoxy) is 2. The van der Waals surface area contributed by atoms with Crippen molar-refractivity contribution in [2.45, 2.75) is 58.0 Å². The number of rotatable bonds is 6. The van der Waals surface area contributed by atoms with E-state index in [0.29, 0.717) is 0 Å². The van der Waals surface area contributed by atoms with Gasteiger partial charge in [0.1, 0.15) is 0 Å². The Balaban J connectivity index is 1.64. The Morgan fingerprint density at radius 2 is 1.94 bits per heavy atom. The van der Waals surface area contributed by atoms with Gasteiger partial charge < -0.3 is 14.6 Å². The molecule has 2 heterocycles. The van der Waals surface area contributed by atoms with E-state index in [-0.39, 0.29) is 18.1 Å². The normalized spacial score (nSPS) is 34.0. The minimum atomic E-state index is 0.0513. The van der Waals surface area contributed by atoms with Crippen LogP contribution in [0.25, 0.3) is 0 Å². The molecule has 0 spiro atoms. The summed E-state index contributed by atoms with van der Waals surface area (Å²) >= 11 is 0. The van der Waals surface area contributed by atoms with Crippen LogP contribution in [0.5, 0.6) is 0 Å². The lowest BCUT2D eigenvalue weighted by Crippen LogP contribution is -2.32. The number of aliphatic hydroxyl groups excluding tert-OH is 1. The molecule has 0 aliphatic carbocycles. The Kier molecular flexibility index (Phi) is 5.46. The predicted molar refractivity (Wildman–Crippen MR) is 71.6 cm³/mol. The molecule has 2 unspecified atom stereocenters. The second kappa shape index (κ2) is 6.88. The summed E-state index contributed by atoms with van der Waals surface area (Å²) in [7, 11) is 0. The standard InChI is InChI=1S/C15H28O3/c1-13-15(12-16,8-11-18-13)7-3-2-4-14-5-9-17-10-6-14/h13-14,16H,2-12H2,1H3. The van der Waals surface area contributed by atoms with Gasteiger partial charge in [0.25, 0.3) is 0 Å². The Bertz CT molecular complexity index is 238. The monoisotopic (exact) mass is 256 g/mol. The molecule has 0 saturated carbocycles. The van der Waals surface area contributed by atoms with Crippen molar-refractivity contribution in [2.24, 2.45) is 11.3 Å². The highest BCUT2D eigenvalue weighted by molar-refractivity contribution is 4.88. The second-order valence-electron chi connectivity index (χ2n) is 6.09. The number of aliphatic hydroxyl groups is 1. The molecular weight excluding hydrogens is 228 g/mol. The zero-order chi connectivity index (χ0) is 12.8. The highest BCUT2D eigenvalue weighted by Crippen LogP contribution is 2.39. The molecule has 3 heteroatoms. The summed E-state index contributed by atoms with van der Waals surface area (Å²) in [5, 5.41) is 9.64. The molecule has 0 amide bonds. The molecule has 106 valence electrons. The fourth-order valence-corrected chi connectivity index (χ4v) is 3.38. The summed E-state index contributed by atoms with van der Waals surface area (Å²) in [6, 6.07) is 0. The topological polar surface area (TPSA) is 38.7 Å². The third kappa shape index (κ3) is 3.46. The lowest BCUT2D eigenvalue weighted by Gasteiger charge is -2.30. The maximum atomic E-state index is 9.64. The first kappa shape index (κ1) is 14.3. The third-order valence-electron chi connectivity index (χ3n) is 5.02. The minimum Gasteiger partial charge on any atom is -0.396 e. The Labute approximate surface area is 111 Å². The van der Waals surface area contributed by atoms with Crippen LogP contribution in [0.4, 0.5) is 0 Å². The van der Waals surface area contributed by atoms with Crippen LogP contribution >= 0.6 is 0 Å². The fraction of sp³-hybridized carbons (Fsp3) is 1.00. The zero-order valence-corrected chi connectivity index (χ0v) is 11.7. The zero-order valence-electron chi connectivity index (χ0n) is 11.7. The number of hydrogen-bond acceptors (Lipinski definition) is 3. The molecule has 2 aliphatic rings. The Morgan fingerprint density at radius 3 is 2.56 bits per heavy atom. The van der Waals surface area contributed by atoms with Crippen LogP contribution in [-0.2, 0) is 9.47 Å². The molecule has 0 radical (unpaired) electrons. The SMILES string of the molecule is CC1OCCC1(CO)CCCCC1CCOCC1. The average molecular weight is 256 g/mol. The van der Waals surface area contributed by atoms with Gasteiger partial charge in [0.05, 0.1) is 12.7 Å². The molecule has 2 rings (SSSR count). The highest BCUT2D eigenvalue weighted by Gasteiger charge is 2.40. The van der Waals surface area contributed by atoms with Gasteiger partial charge in [-0.3, -0.25) is 0 Å². The van der Waals surface area contributed by atoms with E-state index < -0.39 is 0 Å². The van der Waals surface area contributed by atoms with Gasteiger partial charge in [-0.1, -0.05) is 19.3 Å². The first-order valence-corrected chi connectivity index (χ1v) is 7.57. The summed E-state index contributed by atoms with van der Waals surface area (Å²) in [6.45, 7) is 5.13. The van der Waals surface area contributed by atoms with E-state index in [1.165, 1.54) is 32.1 Å². The van der Waals surface area contributed by atoms with E-state index in [1.54, 1.807) is 0 Å². The van der Waals surface area contributed by atoms with E-state index in [9.17, 15) is 5.11 Å². The molecule has 2 fully saturated rings. The number of hydrogen-bond donors (Lipinski definition) is 1. The Hall–Kier alpha value is -0.120. The van der Waals surface area contributed by atoms with Crippen molar-refractivity contribution in [3.8, 4) is 0 Å². The van der Waals surface area contributed by atoms with Crippen LogP contribution in [0.15, 0.2) is 0 Å². The van der Waals surface area contributed by atoms with Crippen molar-refractivity contribution in [1.29, 1.82) is 0 Å². The summed E-state index contributed by atoms with van der Waals surface area (Å²) in [5.74, 6) is 0.876. The van der Waals surface area contributed by atoms with Crippen LogP contribution in [0.3, 0.4) is 0 Å². The number of unbranched alkanes of at least 4 members (excludes halogenated alkanes) is 1. The summed E-state index contributed by atoms with van der Waals surface area (Å²) in [4.78, 5) is 0. The van der Waals surface area contributed by atoms with Crippen molar-refractivity contribution in [3.63, 3.8) is 0 Å². The molecule has 0 aromatic heterocycles. The van der Waals surface area contributed by atoms with Crippen LogP contribution in [0, 0.1) is 11.3 Å². The van der Waals surface area contributed by atoms with Gasteiger partial charge in [-0.25, -0.2) is 0 Å². The summed E-state index contributed by atoms with van der Waals surface area (Å²) in [5.41, 5.74) is 0.0513. The fourth-order valence-electron chi connectivity index (χ4n) is 3.38. The van der Waals surface area contributed by atoms with Gasteiger partial charge in [0, 0.05) is 25.2 Å². The minimum absolute atomic E-state index is 0.0513. The molecule has 0 aromatic carbocycles. The molecule has 0 aromatic rings. The summed E-state index contributed by atoms with van der Waals surface area (Å²) in [6.07, 6.45) is 8.71. The quantitative estimate of drug-likeness (QED) is 0.743. The lowest BCUT2D eigenvalue weighted by molar-refractivity contribution is 0.0194. The maximum absolute atomic E-state index is 9.64. The van der Waals surface area contributed by atoms with Gasteiger partial charge in [-0.05, 0) is 38.5 Å². The maximum Gasteiger partial charge on any atom is 0.0625 e. The second-order valence-corrected chi connectivity index (χ2v) is 6.09. The van der Waals surface area contributed by atoms with Crippen LogP contribution in [0.1, 0.15) is 51.9 Å². The summed E-state index contributed by atoms with van der Waals surface area (Å²) < 4.78 is 11.0. The van der Waals surface area contributed by atoms with E-state index >= 15 is 0 Å². The highest BCUT2D eigenvalue weighted by atomic mass is 16.5. The largest absolute Gasteiger partial charge is 0.396 e. The van der Waals surface area contributed by atoms with Crippen LogP contribution < -0.4 is 0 Å². The van der Waals surface area contributed by atoms with Gasteiger partial charge in [-0.15, -0.1) is 0 Å². The Morgan fingerprint density at radius 1 is 1.17 bits per heavy atom. The molecule has 1 N–H and O–H groups in total. The van der Waals surface area contributed by atoms with Gasteiger partial charge in [-0.2, -0.15) is 0 Å². The predicted octanol–water partition coefficient (Wildman–Crippen LogP) is 2.76. The average Bonchev–Trinajstić information content (AvgIpc) is 2.78. The molecule has 2 saturated heterocycles. The molecule has 2 aliphatic heterocycles. The van der Waals surface area contributed by atoms with Crippen molar-refractivity contribution in [1.82, 2.24) is 0 Å². The molecule has 0 bridgehead atoms. The van der Waals surface area contributed by atoms with E-state index in [4.69, 9.17) is 9.47 Å². The molecular formula is C15H28O3. The molecule has 3 nitrogen and oxygen atoms in total. The van der Waals surface area contributed by atoms with E-state index in [2.05, 4.69) is 6.92 Å². The smallest absolute Gasteiger partial charge is 0.0625 e. The van der Waals surface area contributed by atoms with Gasteiger partial charge >= 0.3 is 0 Å². The first-order valence-electron chi connectivity index (χ1n) is 7.57. The molecule has 18 heavy (non-hydrogen) atoms. The van der Waals surface area contributed by atoms with Crippen molar-refractivity contribution in [3.05, 3.63) is 0 Å². The third-order valence-corrected chi connectivity index (χ3v) is 5.02. The van der Waals surface area contributed by atoms with E-state index in [0.717, 1.165) is 38.6 Å².